The summed E-state index contributed by atoms with van der Waals surface area (Å²) in [7, 11) is 0. The zero-order valence-electron chi connectivity index (χ0n) is 16.6. The van der Waals surface area contributed by atoms with Crippen molar-refractivity contribution in [2.45, 2.75) is 25.8 Å². The number of hydrogen-bond acceptors (Lipinski definition) is 4. The maximum Gasteiger partial charge on any atom is 0.130 e. The first-order valence-corrected chi connectivity index (χ1v) is 10.5. The number of aromatic nitrogens is 2. The summed E-state index contributed by atoms with van der Waals surface area (Å²) in [4.78, 5) is 9.69. The van der Waals surface area contributed by atoms with Gasteiger partial charge in [0.15, 0.2) is 0 Å². The van der Waals surface area contributed by atoms with Crippen molar-refractivity contribution in [3.05, 3.63) is 54.4 Å². The minimum absolute atomic E-state index is 0.604. The number of fused-ring (bicyclic) bond motifs is 1. The Morgan fingerprint density at radius 1 is 0.929 bits per heavy atom. The molecule has 0 atom stereocenters. The smallest absolute Gasteiger partial charge is 0.130 e. The Bertz CT molecular complexity index is 931. The van der Waals surface area contributed by atoms with E-state index in [9.17, 15) is 0 Å². The van der Waals surface area contributed by atoms with Gasteiger partial charge in [0, 0.05) is 61.8 Å². The maximum atomic E-state index is 4.78. The highest BCUT2D eigenvalue weighted by Crippen LogP contribution is 2.28. The van der Waals surface area contributed by atoms with E-state index in [2.05, 4.69) is 75.4 Å². The van der Waals surface area contributed by atoms with Crippen LogP contribution in [0, 0.1) is 6.92 Å². The summed E-state index contributed by atoms with van der Waals surface area (Å²) in [6, 6.07) is 14.0. The van der Waals surface area contributed by atoms with Crippen LogP contribution in [0.5, 0.6) is 0 Å². The molecule has 146 valence electrons. The van der Waals surface area contributed by atoms with Crippen LogP contribution in [0.1, 0.15) is 24.4 Å². The van der Waals surface area contributed by atoms with E-state index in [-0.39, 0.29) is 0 Å². The molecule has 28 heavy (non-hydrogen) atoms. The van der Waals surface area contributed by atoms with E-state index in [0.717, 1.165) is 45.1 Å². The molecule has 0 unspecified atom stereocenters. The highest BCUT2D eigenvalue weighted by atomic mass is 15.3. The van der Waals surface area contributed by atoms with Crippen molar-refractivity contribution in [1.29, 1.82) is 0 Å². The second-order valence-electron chi connectivity index (χ2n) is 8.12. The topological polar surface area (TPSA) is 36.3 Å². The van der Waals surface area contributed by atoms with Crippen LogP contribution >= 0.6 is 0 Å². The van der Waals surface area contributed by atoms with Gasteiger partial charge in [-0.05, 0) is 51.1 Å². The van der Waals surface area contributed by atoms with Gasteiger partial charge in [-0.15, -0.1) is 0 Å². The first kappa shape index (κ1) is 17.6. The lowest BCUT2D eigenvalue weighted by Gasteiger charge is -2.37. The molecule has 0 aliphatic carbocycles. The Labute approximate surface area is 167 Å². The Balaban J connectivity index is 1.33. The number of nitrogens with zero attached hydrogens (tertiary/aromatic N) is 4. The maximum absolute atomic E-state index is 4.78. The summed E-state index contributed by atoms with van der Waals surface area (Å²) in [5.41, 5.74) is 3.97. The van der Waals surface area contributed by atoms with Gasteiger partial charge < -0.3 is 19.7 Å². The van der Waals surface area contributed by atoms with Gasteiger partial charge in [-0.25, -0.2) is 4.98 Å². The highest BCUT2D eigenvalue weighted by molar-refractivity contribution is 5.82. The number of rotatable bonds is 3. The molecular weight excluding hydrogens is 346 g/mol. The monoisotopic (exact) mass is 375 g/mol. The Morgan fingerprint density at radius 3 is 2.39 bits per heavy atom. The Hall–Kier alpha value is -2.53. The number of piperazine rings is 1. The van der Waals surface area contributed by atoms with Gasteiger partial charge in [-0.3, -0.25) is 0 Å². The third-order valence-corrected chi connectivity index (χ3v) is 6.30. The van der Waals surface area contributed by atoms with Gasteiger partial charge in [0.1, 0.15) is 5.82 Å². The molecule has 1 aromatic carbocycles. The number of anilines is 2. The van der Waals surface area contributed by atoms with Crippen LogP contribution in [0.3, 0.4) is 0 Å². The first-order valence-electron chi connectivity index (χ1n) is 10.5. The van der Waals surface area contributed by atoms with E-state index in [1.165, 1.54) is 35.0 Å². The lowest BCUT2D eigenvalue weighted by molar-refractivity contribution is 0.376. The highest BCUT2D eigenvalue weighted by Gasteiger charge is 2.20. The van der Waals surface area contributed by atoms with Crippen LogP contribution in [-0.4, -0.2) is 48.8 Å². The largest absolute Gasteiger partial charge is 0.368 e. The molecule has 0 amide bonds. The summed E-state index contributed by atoms with van der Waals surface area (Å²) in [6.45, 7) is 8.48. The number of hydrogen-bond donors (Lipinski definition) is 1. The van der Waals surface area contributed by atoms with Crippen molar-refractivity contribution in [1.82, 2.24) is 14.9 Å². The lowest BCUT2D eigenvalue weighted by Crippen LogP contribution is -2.46. The molecule has 2 aliphatic rings. The molecule has 4 heterocycles. The van der Waals surface area contributed by atoms with Crippen molar-refractivity contribution >= 4 is 22.4 Å². The molecule has 2 aliphatic heterocycles. The van der Waals surface area contributed by atoms with Crippen molar-refractivity contribution in [2.75, 3.05) is 49.1 Å². The van der Waals surface area contributed by atoms with Crippen LogP contribution in [0.25, 0.3) is 10.9 Å². The summed E-state index contributed by atoms with van der Waals surface area (Å²) < 4.78 is 2.48. The molecule has 5 heteroatoms. The van der Waals surface area contributed by atoms with Crippen molar-refractivity contribution in [3.63, 3.8) is 0 Å². The predicted octanol–water partition coefficient (Wildman–Crippen LogP) is 3.60. The van der Waals surface area contributed by atoms with Crippen LogP contribution in [0.4, 0.5) is 11.5 Å². The molecule has 5 nitrogen and oxygen atoms in total. The van der Waals surface area contributed by atoms with E-state index in [1.54, 1.807) is 0 Å². The molecule has 5 rings (SSSR count). The van der Waals surface area contributed by atoms with Crippen LogP contribution in [0.15, 0.2) is 48.8 Å². The molecular formula is C23H29N5. The van der Waals surface area contributed by atoms with E-state index < -0.39 is 0 Å². The van der Waals surface area contributed by atoms with Gasteiger partial charge in [0.25, 0.3) is 0 Å². The van der Waals surface area contributed by atoms with E-state index in [0.29, 0.717) is 6.04 Å². The minimum Gasteiger partial charge on any atom is -0.368 e. The number of pyridine rings is 1. The van der Waals surface area contributed by atoms with Crippen molar-refractivity contribution in [3.8, 4) is 0 Å². The fraction of sp³-hybridized carbons (Fsp3) is 0.435. The minimum atomic E-state index is 0.604. The quantitative estimate of drug-likeness (QED) is 0.759. The van der Waals surface area contributed by atoms with Crippen LogP contribution in [0.2, 0.25) is 0 Å². The zero-order chi connectivity index (χ0) is 18.9. The number of aryl methyl sites for hydroxylation is 1. The van der Waals surface area contributed by atoms with Crippen molar-refractivity contribution < 1.29 is 0 Å². The molecule has 0 bridgehead atoms. The molecule has 2 fully saturated rings. The van der Waals surface area contributed by atoms with Crippen LogP contribution < -0.4 is 15.1 Å². The third-order valence-electron chi connectivity index (χ3n) is 6.30. The van der Waals surface area contributed by atoms with Gasteiger partial charge >= 0.3 is 0 Å². The molecule has 1 N–H and O–H groups in total. The van der Waals surface area contributed by atoms with E-state index in [1.807, 2.05) is 0 Å². The number of benzene rings is 1. The third kappa shape index (κ3) is 3.35. The van der Waals surface area contributed by atoms with Gasteiger partial charge in [0.2, 0.25) is 0 Å². The first-order chi connectivity index (χ1) is 13.8. The average molecular weight is 376 g/mol. The summed E-state index contributed by atoms with van der Waals surface area (Å²) in [5.74, 6) is 1.12. The summed E-state index contributed by atoms with van der Waals surface area (Å²) >= 11 is 0. The summed E-state index contributed by atoms with van der Waals surface area (Å²) in [5, 5.41) is 4.72. The average Bonchev–Trinajstić information content (AvgIpc) is 3.18. The second-order valence-corrected chi connectivity index (χ2v) is 8.12. The van der Waals surface area contributed by atoms with Crippen molar-refractivity contribution in [2.24, 2.45) is 0 Å². The lowest BCUT2D eigenvalue weighted by atomic mass is 10.1. The Morgan fingerprint density at radius 2 is 1.64 bits per heavy atom. The summed E-state index contributed by atoms with van der Waals surface area (Å²) in [6.07, 6.45) is 6.71. The van der Waals surface area contributed by atoms with Crippen LogP contribution in [-0.2, 0) is 0 Å². The SMILES string of the molecule is Cc1ccc(N2CCN(c3cc4c(ccn4C4CCNCC4)cn3)CC2)cc1. The molecule has 2 saturated heterocycles. The standard InChI is InChI=1S/C23H29N5/c1-18-2-4-20(5-3-18)26-12-14-27(15-13-26)23-16-22-19(17-25-23)8-11-28(22)21-6-9-24-10-7-21/h2-5,8,11,16-17,21,24H,6-7,9-10,12-15H2,1H3. The molecule has 0 saturated carbocycles. The predicted molar refractivity (Wildman–Crippen MR) is 116 cm³/mol. The fourth-order valence-electron chi connectivity index (χ4n) is 4.56. The number of nitrogens with one attached hydrogen (secondary N) is 1. The molecule has 0 spiro atoms. The van der Waals surface area contributed by atoms with E-state index in [4.69, 9.17) is 4.98 Å². The van der Waals surface area contributed by atoms with Gasteiger partial charge in [0.05, 0.1) is 5.52 Å². The fourth-order valence-corrected chi connectivity index (χ4v) is 4.56. The zero-order valence-corrected chi connectivity index (χ0v) is 16.6. The Kier molecular flexibility index (Phi) is 4.69. The second kappa shape index (κ2) is 7.47. The molecule has 3 aromatic rings. The number of piperidine rings is 1. The van der Waals surface area contributed by atoms with Gasteiger partial charge in [-0.2, -0.15) is 0 Å². The molecule has 0 radical (unpaired) electrons. The van der Waals surface area contributed by atoms with E-state index >= 15 is 0 Å². The molecule has 2 aromatic heterocycles. The van der Waals surface area contributed by atoms with Gasteiger partial charge in [-0.1, -0.05) is 17.7 Å². The normalized spacial score (nSPS) is 18.8.